The number of hydrogen-bond acceptors (Lipinski definition) is 10. The lowest BCUT2D eigenvalue weighted by Gasteiger charge is -2.27. The van der Waals surface area contributed by atoms with Crippen molar-refractivity contribution >= 4 is 39.8 Å². The van der Waals surface area contributed by atoms with Crippen molar-refractivity contribution < 1.29 is 19.0 Å². The molecule has 0 saturated carbocycles. The van der Waals surface area contributed by atoms with E-state index in [4.69, 9.17) is 14.2 Å². The molecule has 2 aliphatic rings. The number of morpholine rings is 1. The topological polar surface area (TPSA) is 114 Å². The third-order valence-corrected chi connectivity index (χ3v) is 8.09. The minimum absolute atomic E-state index is 0.206. The Morgan fingerprint density at radius 2 is 1.82 bits per heavy atom. The van der Waals surface area contributed by atoms with E-state index in [9.17, 15) is 4.79 Å². The molecule has 2 saturated heterocycles. The van der Waals surface area contributed by atoms with Crippen molar-refractivity contribution in [3.63, 3.8) is 0 Å². The molecule has 11 heteroatoms. The molecular weight excluding hydrogens is 558 g/mol. The first kappa shape index (κ1) is 29.6. The molecule has 230 valence electrons. The summed E-state index contributed by atoms with van der Waals surface area (Å²) in [6, 6.07) is 13.1. The van der Waals surface area contributed by atoms with Crippen LogP contribution < -0.4 is 25.0 Å². The maximum absolute atomic E-state index is 13.2. The van der Waals surface area contributed by atoms with E-state index < -0.39 is 0 Å². The average Bonchev–Trinajstić information content (AvgIpc) is 3.59. The molecule has 4 heterocycles. The van der Waals surface area contributed by atoms with Crippen molar-refractivity contribution in [2.75, 3.05) is 75.2 Å². The Balaban J connectivity index is 1.17. The minimum Gasteiger partial charge on any atom is -0.493 e. The number of carbonyl (C=O) groups is 1. The summed E-state index contributed by atoms with van der Waals surface area (Å²) in [4.78, 5) is 31.3. The van der Waals surface area contributed by atoms with Crippen molar-refractivity contribution in [1.29, 1.82) is 0 Å². The maximum atomic E-state index is 13.2. The van der Waals surface area contributed by atoms with Crippen molar-refractivity contribution in [2.45, 2.75) is 26.2 Å². The van der Waals surface area contributed by atoms with E-state index in [-0.39, 0.29) is 5.91 Å². The molecule has 0 bridgehead atoms. The molecule has 2 N–H and O–H groups in total. The number of fused-ring (bicyclic) bond motifs is 1. The highest BCUT2D eigenvalue weighted by Gasteiger charge is 2.17. The van der Waals surface area contributed by atoms with Gasteiger partial charge < -0.3 is 34.6 Å². The lowest BCUT2D eigenvalue weighted by atomic mass is 10.1. The van der Waals surface area contributed by atoms with Gasteiger partial charge in [-0.3, -0.25) is 4.79 Å². The molecule has 0 radical (unpaired) electrons. The summed E-state index contributed by atoms with van der Waals surface area (Å²) >= 11 is 0. The number of nitrogens with one attached hydrogen (secondary N) is 2. The number of carbonyl (C=O) groups excluding carboxylic acids is 1. The molecule has 0 spiro atoms. The zero-order chi connectivity index (χ0) is 30.3. The summed E-state index contributed by atoms with van der Waals surface area (Å²) in [6.07, 6.45) is 6.71. The Kier molecular flexibility index (Phi) is 9.33. The van der Waals surface area contributed by atoms with Gasteiger partial charge in [0.2, 0.25) is 0 Å². The van der Waals surface area contributed by atoms with Gasteiger partial charge in [0.25, 0.3) is 5.91 Å². The Morgan fingerprint density at radius 3 is 2.64 bits per heavy atom. The highest BCUT2D eigenvalue weighted by Crippen LogP contribution is 2.35. The fraction of sp³-hybridized carbons (Fsp3) is 0.394. The van der Waals surface area contributed by atoms with Gasteiger partial charge in [-0.1, -0.05) is 6.07 Å². The summed E-state index contributed by atoms with van der Waals surface area (Å²) in [6.45, 7) is 8.80. The molecule has 0 atom stereocenters. The number of benzene rings is 2. The van der Waals surface area contributed by atoms with Crippen LogP contribution >= 0.6 is 0 Å². The van der Waals surface area contributed by atoms with Crippen LogP contribution in [0, 0.1) is 6.92 Å². The molecular formula is C33H39N7O4. The monoisotopic (exact) mass is 597 g/mol. The molecule has 2 aromatic heterocycles. The number of hydrogen-bond donors (Lipinski definition) is 2. The SMILES string of the molecule is COc1cc2ncnc(Nc3cc(NC(=O)c4ccnc(N5CCOCC5)c4)ccc3C)c2cc1OCCCN1CCCC1. The molecule has 11 nitrogen and oxygen atoms in total. The number of methoxy groups -OCH3 is 1. The Hall–Kier alpha value is -4.48. The second-order valence-electron chi connectivity index (χ2n) is 11.1. The van der Waals surface area contributed by atoms with Crippen LogP contribution in [0.15, 0.2) is 55.0 Å². The number of anilines is 4. The van der Waals surface area contributed by atoms with Crippen LogP contribution in [0.5, 0.6) is 11.5 Å². The fourth-order valence-electron chi connectivity index (χ4n) is 5.60. The highest BCUT2D eigenvalue weighted by molar-refractivity contribution is 6.05. The normalized spacial score (nSPS) is 15.4. The zero-order valence-electron chi connectivity index (χ0n) is 25.3. The third-order valence-electron chi connectivity index (χ3n) is 8.09. The van der Waals surface area contributed by atoms with Crippen molar-refractivity contribution in [3.8, 4) is 11.5 Å². The zero-order valence-corrected chi connectivity index (χ0v) is 25.3. The first-order chi connectivity index (χ1) is 21.6. The van der Waals surface area contributed by atoms with Gasteiger partial charge in [0.1, 0.15) is 18.0 Å². The lowest BCUT2D eigenvalue weighted by molar-refractivity contribution is 0.102. The quantitative estimate of drug-likeness (QED) is 0.228. The van der Waals surface area contributed by atoms with Gasteiger partial charge in [-0.05, 0) is 75.2 Å². The maximum Gasteiger partial charge on any atom is 0.255 e. The number of pyridine rings is 1. The van der Waals surface area contributed by atoms with Gasteiger partial charge in [0.05, 0.1) is 32.4 Å². The minimum atomic E-state index is -0.206. The van der Waals surface area contributed by atoms with E-state index in [1.54, 1.807) is 19.4 Å². The molecule has 6 rings (SSSR count). The fourth-order valence-corrected chi connectivity index (χ4v) is 5.60. The van der Waals surface area contributed by atoms with Crippen LogP contribution in [0.3, 0.4) is 0 Å². The highest BCUT2D eigenvalue weighted by atomic mass is 16.5. The Morgan fingerprint density at radius 1 is 0.977 bits per heavy atom. The van der Waals surface area contributed by atoms with Gasteiger partial charge in [-0.2, -0.15) is 0 Å². The second-order valence-corrected chi connectivity index (χ2v) is 11.1. The van der Waals surface area contributed by atoms with Gasteiger partial charge in [0.15, 0.2) is 11.5 Å². The van der Waals surface area contributed by atoms with Crippen LogP contribution in [-0.2, 0) is 4.74 Å². The second kappa shape index (κ2) is 13.9. The van der Waals surface area contributed by atoms with E-state index in [1.807, 2.05) is 43.3 Å². The van der Waals surface area contributed by atoms with E-state index in [2.05, 4.69) is 35.4 Å². The molecule has 0 unspecified atom stereocenters. The van der Waals surface area contributed by atoms with E-state index in [1.165, 1.54) is 32.3 Å². The third kappa shape index (κ3) is 7.00. The summed E-state index contributed by atoms with van der Waals surface area (Å²) in [5.74, 6) is 2.50. The summed E-state index contributed by atoms with van der Waals surface area (Å²) in [5.41, 5.74) is 3.76. The molecule has 4 aromatic rings. The van der Waals surface area contributed by atoms with Crippen LogP contribution in [0.25, 0.3) is 10.9 Å². The molecule has 2 aliphatic heterocycles. The largest absolute Gasteiger partial charge is 0.493 e. The Labute approximate surface area is 257 Å². The summed E-state index contributed by atoms with van der Waals surface area (Å²) in [5, 5.41) is 7.29. The summed E-state index contributed by atoms with van der Waals surface area (Å²) in [7, 11) is 1.64. The number of aromatic nitrogens is 3. The van der Waals surface area contributed by atoms with Crippen LogP contribution in [0.4, 0.5) is 23.0 Å². The van der Waals surface area contributed by atoms with Crippen LogP contribution in [0.2, 0.25) is 0 Å². The van der Waals surface area contributed by atoms with E-state index in [0.717, 1.165) is 54.0 Å². The number of rotatable bonds is 11. The predicted molar refractivity (Wildman–Crippen MR) is 172 cm³/mol. The number of ether oxygens (including phenoxy) is 3. The number of nitrogens with zero attached hydrogens (tertiary/aromatic N) is 5. The van der Waals surface area contributed by atoms with Gasteiger partial charge >= 0.3 is 0 Å². The summed E-state index contributed by atoms with van der Waals surface area (Å²) < 4.78 is 17.2. The number of amides is 1. The molecule has 2 aromatic carbocycles. The van der Waals surface area contributed by atoms with Gasteiger partial charge in [0, 0.05) is 54.2 Å². The molecule has 0 aliphatic carbocycles. The Bertz CT molecular complexity index is 1600. The van der Waals surface area contributed by atoms with Gasteiger partial charge in [-0.25, -0.2) is 15.0 Å². The van der Waals surface area contributed by atoms with E-state index in [0.29, 0.717) is 48.4 Å². The number of likely N-dealkylation sites (tertiary alicyclic amines) is 1. The van der Waals surface area contributed by atoms with Crippen molar-refractivity contribution in [2.24, 2.45) is 0 Å². The van der Waals surface area contributed by atoms with Crippen molar-refractivity contribution in [1.82, 2.24) is 19.9 Å². The van der Waals surface area contributed by atoms with Crippen LogP contribution in [0.1, 0.15) is 35.2 Å². The molecule has 1 amide bonds. The van der Waals surface area contributed by atoms with Crippen molar-refractivity contribution in [3.05, 3.63) is 66.1 Å². The first-order valence-electron chi connectivity index (χ1n) is 15.2. The first-order valence-corrected chi connectivity index (χ1v) is 15.2. The predicted octanol–water partition coefficient (Wildman–Crippen LogP) is 5.04. The molecule has 2 fully saturated rings. The smallest absolute Gasteiger partial charge is 0.255 e. The number of aryl methyl sites for hydroxylation is 1. The standard InChI is InChI=1S/C33H39N7O4/c1-23-6-7-25(37-33(41)24-8-9-34-31(18-24)40-13-16-43-17-14-40)19-27(23)38-32-26-20-30(29(42-2)21-28(26)35-22-36-32)44-15-5-12-39-10-3-4-11-39/h6-9,18-22H,3-5,10-17H2,1-2H3,(H,37,41)(H,35,36,38). The van der Waals surface area contributed by atoms with Gasteiger partial charge in [-0.15, -0.1) is 0 Å². The molecule has 44 heavy (non-hydrogen) atoms. The average molecular weight is 598 g/mol. The van der Waals surface area contributed by atoms with E-state index >= 15 is 0 Å². The lowest BCUT2D eigenvalue weighted by Crippen LogP contribution is -2.36. The van der Waals surface area contributed by atoms with Crippen LogP contribution in [-0.4, -0.2) is 85.4 Å².